The zero-order valence-corrected chi connectivity index (χ0v) is 12.5. The van der Waals surface area contributed by atoms with Crippen molar-refractivity contribution in [3.8, 4) is 0 Å². The molecule has 0 aliphatic heterocycles. The SMILES string of the molecule is CCCCC=C/C=C/C=C/CCCCCCCC. The van der Waals surface area contributed by atoms with E-state index in [9.17, 15) is 0 Å². The molecule has 0 rings (SSSR count). The predicted octanol–water partition coefficient (Wildman–Crippen LogP) is 6.60. The third kappa shape index (κ3) is 15.2. The van der Waals surface area contributed by atoms with Gasteiger partial charge in [-0.15, -0.1) is 0 Å². The molecule has 0 amide bonds. The Bertz CT molecular complexity index is 220. The van der Waals surface area contributed by atoms with Crippen LogP contribution in [0, 0.1) is 0 Å². The Labute approximate surface area is 115 Å². The van der Waals surface area contributed by atoms with Crippen LogP contribution in [0.3, 0.4) is 0 Å². The first-order valence-electron chi connectivity index (χ1n) is 7.90. The van der Waals surface area contributed by atoms with E-state index in [1.165, 1.54) is 64.2 Å². The van der Waals surface area contributed by atoms with Crippen molar-refractivity contribution in [2.75, 3.05) is 0 Å². The maximum absolute atomic E-state index is 2.29. The minimum absolute atomic E-state index is 1.21. The molecule has 0 aromatic rings. The van der Waals surface area contributed by atoms with Crippen molar-refractivity contribution in [2.45, 2.75) is 78.1 Å². The molecule has 0 fully saturated rings. The summed E-state index contributed by atoms with van der Waals surface area (Å²) in [4.78, 5) is 0. The number of rotatable bonds is 12. The standard InChI is InChI=1S/C18H32/c1-3-5-7-9-11-13-15-17-18-16-14-12-10-8-6-4-2/h9,11,13,15,17-18H,3-8,10,12,14,16H2,1-2H3/b11-9?,15-13+,18-17+. The summed E-state index contributed by atoms with van der Waals surface area (Å²) in [5.41, 5.74) is 0. The van der Waals surface area contributed by atoms with Crippen LogP contribution in [-0.4, -0.2) is 0 Å². The summed E-state index contributed by atoms with van der Waals surface area (Å²) in [6, 6.07) is 0. The van der Waals surface area contributed by atoms with E-state index >= 15 is 0 Å². The summed E-state index contributed by atoms with van der Waals surface area (Å²) in [5.74, 6) is 0. The van der Waals surface area contributed by atoms with Crippen LogP contribution in [0.25, 0.3) is 0 Å². The molecule has 0 aliphatic carbocycles. The summed E-state index contributed by atoms with van der Waals surface area (Å²) in [6.07, 6.45) is 26.5. The molecule has 0 nitrogen and oxygen atoms in total. The largest absolute Gasteiger partial charge is 0.0845 e. The molecule has 0 aromatic carbocycles. The second-order valence-corrected chi connectivity index (χ2v) is 4.94. The van der Waals surface area contributed by atoms with Crippen LogP contribution in [0.4, 0.5) is 0 Å². The fourth-order valence-corrected chi connectivity index (χ4v) is 1.84. The highest BCUT2D eigenvalue weighted by Crippen LogP contribution is 2.07. The van der Waals surface area contributed by atoms with Gasteiger partial charge in [0.15, 0.2) is 0 Å². The van der Waals surface area contributed by atoms with E-state index in [1.54, 1.807) is 0 Å². The smallest absolute Gasteiger partial charge is 0.0348 e. The lowest BCUT2D eigenvalue weighted by atomic mass is 10.1. The molecule has 0 spiro atoms. The minimum atomic E-state index is 1.21. The van der Waals surface area contributed by atoms with Gasteiger partial charge in [0.05, 0.1) is 0 Å². The van der Waals surface area contributed by atoms with E-state index in [1.807, 2.05) is 0 Å². The van der Waals surface area contributed by atoms with Gasteiger partial charge in [0.2, 0.25) is 0 Å². The molecule has 0 bridgehead atoms. The Kier molecular flexibility index (Phi) is 15.5. The maximum atomic E-state index is 2.29. The van der Waals surface area contributed by atoms with Gasteiger partial charge in [0.25, 0.3) is 0 Å². The first-order chi connectivity index (χ1) is 8.91. The van der Waals surface area contributed by atoms with Crippen LogP contribution in [0.15, 0.2) is 36.5 Å². The minimum Gasteiger partial charge on any atom is -0.0845 e. The molecule has 0 aliphatic rings. The molecule has 18 heavy (non-hydrogen) atoms. The number of allylic oxidation sites excluding steroid dienone is 6. The topological polar surface area (TPSA) is 0 Å². The highest BCUT2D eigenvalue weighted by molar-refractivity contribution is 5.10. The fraction of sp³-hybridized carbons (Fsp3) is 0.667. The van der Waals surface area contributed by atoms with Gasteiger partial charge in [-0.2, -0.15) is 0 Å². The Hall–Kier alpha value is -0.780. The summed E-state index contributed by atoms with van der Waals surface area (Å²) >= 11 is 0. The number of hydrogen-bond donors (Lipinski definition) is 0. The molecule has 0 N–H and O–H groups in total. The molecular weight excluding hydrogens is 216 g/mol. The summed E-state index contributed by atoms with van der Waals surface area (Å²) < 4.78 is 0. The van der Waals surface area contributed by atoms with Gasteiger partial charge in [-0.3, -0.25) is 0 Å². The van der Waals surface area contributed by atoms with Gasteiger partial charge >= 0.3 is 0 Å². The lowest BCUT2D eigenvalue weighted by Gasteiger charge is -1.97. The average molecular weight is 248 g/mol. The van der Waals surface area contributed by atoms with Crippen molar-refractivity contribution in [1.82, 2.24) is 0 Å². The van der Waals surface area contributed by atoms with E-state index < -0.39 is 0 Å². The van der Waals surface area contributed by atoms with Crippen molar-refractivity contribution in [3.05, 3.63) is 36.5 Å². The zero-order chi connectivity index (χ0) is 13.3. The average Bonchev–Trinajstić information content (AvgIpc) is 2.39. The first-order valence-corrected chi connectivity index (χ1v) is 7.90. The van der Waals surface area contributed by atoms with Crippen molar-refractivity contribution in [1.29, 1.82) is 0 Å². The van der Waals surface area contributed by atoms with E-state index in [4.69, 9.17) is 0 Å². The molecule has 0 heteroatoms. The molecule has 0 radical (unpaired) electrons. The van der Waals surface area contributed by atoms with Gasteiger partial charge in [-0.25, -0.2) is 0 Å². The Morgan fingerprint density at radius 3 is 1.61 bits per heavy atom. The van der Waals surface area contributed by atoms with Crippen LogP contribution >= 0.6 is 0 Å². The maximum Gasteiger partial charge on any atom is -0.0348 e. The highest BCUT2D eigenvalue weighted by atomic mass is 13.9. The molecule has 0 atom stereocenters. The second-order valence-electron chi connectivity index (χ2n) is 4.94. The number of unbranched alkanes of at least 4 members (excludes halogenated alkanes) is 8. The molecular formula is C18H32. The van der Waals surface area contributed by atoms with Crippen molar-refractivity contribution < 1.29 is 0 Å². The molecule has 0 heterocycles. The van der Waals surface area contributed by atoms with Crippen LogP contribution in [0.5, 0.6) is 0 Å². The molecule has 0 saturated carbocycles. The van der Waals surface area contributed by atoms with Gasteiger partial charge in [-0.05, 0) is 19.3 Å². The highest BCUT2D eigenvalue weighted by Gasteiger charge is 1.87. The van der Waals surface area contributed by atoms with Crippen molar-refractivity contribution >= 4 is 0 Å². The second kappa shape index (κ2) is 16.2. The molecule has 0 saturated heterocycles. The summed E-state index contributed by atoms with van der Waals surface area (Å²) in [5, 5.41) is 0. The van der Waals surface area contributed by atoms with E-state index in [0.29, 0.717) is 0 Å². The van der Waals surface area contributed by atoms with E-state index in [-0.39, 0.29) is 0 Å². The Morgan fingerprint density at radius 2 is 1.00 bits per heavy atom. The zero-order valence-electron chi connectivity index (χ0n) is 12.5. The molecule has 0 unspecified atom stereocenters. The Balaban J connectivity index is 3.26. The third-order valence-corrected chi connectivity index (χ3v) is 3.05. The van der Waals surface area contributed by atoms with E-state index in [0.717, 1.165) is 0 Å². The monoisotopic (exact) mass is 248 g/mol. The van der Waals surface area contributed by atoms with Gasteiger partial charge in [0.1, 0.15) is 0 Å². The first kappa shape index (κ1) is 17.2. The summed E-state index contributed by atoms with van der Waals surface area (Å²) in [7, 11) is 0. The van der Waals surface area contributed by atoms with E-state index in [2.05, 4.69) is 50.3 Å². The quantitative estimate of drug-likeness (QED) is 0.270. The van der Waals surface area contributed by atoms with Crippen LogP contribution in [0.1, 0.15) is 78.1 Å². The normalized spacial score (nSPS) is 12.3. The van der Waals surface area contributed by atoms with Gasteiger partial charge in [0, 0.05) is 0 Å². The predicted molar refractivity (Wildman–Crippen MR) is 84.9 cm³/mol. The van der Waals surface area contributed by atoms with Gasteiger partial charge in [-0.1, -0.05) is 95.2 Å². The third-order valence-electron chi connectivity index (χ3n) is 3.05. The molecule has 104 valence electrons. The lowest BCUT2D eigenvalue weighted by molar-refractivity contribution is 0.611. The fourth-order valence-electron chi connectivity index (χ4n) is 1.84. The molecule has 0 aromatic heterocycles. The van der Waals surface area contributed by atoms with Crippen LogP contribution in [0.2, 0.25) is 0 Å². The number of hydrogen-bond acceptors (Lipinski definition) is 0. The van der Waals surface area contributed by atoms with Crippen molar-refractivity contribution in [3.63, 3.8) is 0 Å². The lowest BCUT2D eigenvalue weighted by Crippen LogP contribution is -1.77. The van der Waals surface area contributed by atoms with Crippen LogP contribution < -0.4 is 0 Å². The summed E-state index contributed by atoms with van der Waals surface area (Å²) in [6.45, 7) is 4.50. The van der Waals surface area contributed by atoms with Crippen molar-refractivity contribution in [2.24, 2.45) is 0 Å². The van der Waals surface area contributed by atoms with Crippen LogP contribution in [-0.2, 0) is 0 Å². The Morgan fingerprint density at radius 1 is 0.500 bits per heavy atom. The van der Waals surface area contributed by atoms with Gasteiger partial charge < -0.3 is 0 Å².